The van der Waals surface area contributed by atoms with E-state index >= 15 is 0 Å². The first-order valence-electron chi connectivity index (χ1n) is 7.41. The van der Waals surface area contributed by atoms with Gasteiger partial charge >= 0.3 is 0 Å². The standard InChI is InChI=1S/C17H14ClN5O3/c18-10-2-1-3-11(7-10)21-17-14(15(19)26)16(22-23-17)20-8-9-6-12(24)4-5-13(9)25/h1-8,24-25H,(H2,19,26)(H2,21,22,23). The first-order valence-corrected chi connectivity index (χ1v) is 7.78. The molecule has 8 nitrogen and oxygen atoms in total. The van der Waals surface area contributed by atoms with Crippen molar-refractivity contribution >= 4 is 41.0 Å². The summed E-state index contributed by atoms with van der Waals surface area (Å²) in [5.74, 6) is -0.572. The molecule has 0 aliphatic heterocycles. The molecule has 0 atom stereocenters. The number of phenolic OH excluding ortho intramolecular Hbond substituents is 2. The Bertz CT molecular complexity index is 1000. The Morgan fingerprint density at radius 3 is 2.81 bits per heavy atom. The molecule has 132 valence electrons. The van der Waals surface area contributed by atoms with E-state index in [0.717, 1.165) is 0 Å². The summed E-state index contributed by atoms with van der Waals surface area (Å²) >= 11 is 5.94. The molecule has 26 heavy (non-hydrogen) atoms. The number of rotatable bonds is 5. The largest absolute Gasteiger partial charge is 0.508 e. The van der Waals surface area contributed by atoms with Crippen LogP contribution < -0.4 is 11.1 Å². The van der Waals surface area contributed by atoms with Crippen molar-refractivity contribution in [2.75, 3.05) is 5.32 Å². The van der Waals surface area contributed by atoms with Gasteiger partial charge in [0.05, 0.1) is 0 Å². The number of primary amides is 1. The van der Waals surface area contributed by atoms with Crippen molar-refractivity contribution in [3.8, 4) is 11.5 Å². The summed E-state index contributed by atoms with van der Waals surface area (Å²) in [5, 5.41) is 29.4. The number of aromatic hydroxyl groups is 2. The molecule has 2 aromatic carbocycles. The van der Waals surface area contributed by atoms with Crippen LogP contribution in [0.5, 0.6) is 11.5 Å². The number of nitrogens with zero attached hydrogens (tertiary/aromatic N) is 2. The Morgan fingerprint density at radius 2 is 2.08 bits per heavy atom. The normalized spacial score (nSPS) is 11.0. The lowest BCUT2D eigenvalue weighted by Gasteiger charge is -2.05. The molecule has 0 saturated heterocycles. The first kappa shape index (κ1) is 17.3. The van der Waals surface area contributed by atoms with Crippen molar-refractivity contribution in [3.05, 3.63) is 58.6 Å². The molecule has 0 radical (unpaired) electrons. The molecule has 0 unspecified atom stereocenters. The van der Waals surface area contributed by atoms with E-state index in [0.29, 0.717) is 10.7 Å². The van der Waals surface area contributed by atoms with Gasteiger partial charge in [0.1, 0.15) is 22.9 Å². The fourth-order valence-corrected chi connectivity index (χ4v) is 2.43. The molecular weight excluding hydrogens is 358 g/mol. The topological polar surface area (TPSA) is 137 Å². The Morgan fingerprint density at radius 1 is 1.27 bits per heavy atom. The zero-order valence-electron chi connectivity index (χ0n) is 13.3. The van der Waals surface area contributed by atoms with Gasteiger partial charge in [0.2, 0.25) is 0 Å². The second-order valence-electron chi connectivity index (χ2n) is 5.30. The maximum atomic E-state index is 11.8. The molecule has 6 N–H and O–H groups in total. The fraction of sp³-hybridized carbons (Fsp3) is 0. The quantitative estimate of drug-likeness (QED) is 0.346. The maximum absolute atomic E-state index is 11.8. The van der Waals surface area contributed by atoms with Gasteiger partial charge in [-0.1, -0.05) is 17.7 Å². The number of hydrogen-bond donors (Lipinski definition) is 5. The molecule has 0 bridgehead atoms. The molecule has 3 rings (SSSR count). The van der Waals surface area contributed by atoms with Crippen LogP contribution in [-0.4, -0.2) is 32.5 Å². The third-order valence-corrected chi connectivity index (χ3v) is 3.66. The predicted molar refractivity (Wildman–Crippen MR) is 98.9 cm³/mol. The molecular formula is C17H14ClN5O3. The van der Waals surface area contributed by atoms with E-state index in [2.05, 4.69) is 20.5 Å². The molecule has 1 heterocycles. The number of nitrogens with two attached hydrogens (primary N) is 1. The van der Waals surface area contributed by atoms with Gasteiger partial charge in [-0.3, -0.25) is 9.89 Å². The molecule has 3 aromatic rings. The van der Waals surface area contributed by atoms with Crippen LogP contribution in [-0.2, 0) is 0 Å². The second kappa shape index (κ2) is 7.16. The predicted octanol–water partition coefficient (Wildman–Crippen LogP) is 3.07. The number of H-pyrrole nitrogens is 1. The highest BCUT2D eigenvalue weighted by Crippen LogP contribution is 2.28. The van der Waals surface area contributed by atoms with E-state index in [-0.39, 0.29) is 34.3 Å². The Hall–Kier alpha value is -3.52. The van der Waals surface area contributed by atoms with Crippen LogP contribution >= 0.6 is 11.6 Å². The van der Waals surface area contributed by atoms with Gasteiger partial charge in [-0.2, -0.15) is 5.10 Å². The van der Waals surface area contributed by atoms with E-state index in [1.807, 2.05) is 0 Å². The monoisotopic (exact) mass is 371 g/mol. The number of amides is 1. The van der Waals surface area contributed by atoms with Crippen molar-refractivity contribution in [1.82, 2.24) is 10.2 Å². The second-order valence-corrected chi connectivity index (χ2v) is 5.73. The molecule has 0 spiro atoms. The minimum Gasteiger partial charge on any atom is -0.508 e. The highest BCUT2D eigenvalue weighted by molar-refractivity contribution is 6.30. The lowest BCUT2D eigenvalue weighted by atomic mass is 10.2. The van der Waals surface area contributed by atoms with Gasteiger partial charge in [0.15, 0.2) is 5.82 Å². The van der Waals surface area contributed by atoms with Crippen molar-refractivity contribution in [1.29, 1.82) is 0 Å². The summed E-state index contributed by atoms with van der Waals surface area (Å²) in [6.45, 7) is 0. The number of hydrogen-bond acceptors (Lipinski definition) is 6. The number of halogens is 1. The number of carbonyl (C=O) groups is 1. The third kappa shape index (κ3) is 3.76. The highest BCUT2D eigenvalue weighted by Gasteiger charge is 2.18. The van der Waals surface area contributed by atoms with Crippen molar-refractivity contribution < 1.29 is 15.0 Å². The van der Waals surface area contributed by atoms with Crippen LogP contribution in [0.1, 0.15) is 15.9 Å². The van der Waals surface area contributed by atoms with E-state index < -0.39 is 5.91 Å². The SMILES string of the molecule is NC(=O)c1c(N=Cc2cc(O)ccc2O)n[nH]c1Nc1cccc(Cl)c1. The molecule has 0 fully saturated rings. The highest BCUT2D eigenvalue weighted by atomic mass is 35.5. The van der Waals surface area contributed by atoms with Crippen molar-refractivity contribution in [2.45, 2.75) is 0 Å². The van der Waals surface area contributed by atoms with Gasteiger partial charge < -0.3 is 21.3 Å². The summed E-state index contributed by atoms with van der Waals surface area (Å²) in [6, 6.07) is 10.9. The van der Waals surface area contributed by atoms with Crippen LogP contribution in [0.15, 0.2) is 47.5 Å². The maximum Gasteiger partial charge on any atom is 0.256 e. The molecule has 0 aliphatic carbocycles. The Balaban J connectivity index is 1.93. The lowest BCUT2D eigenvalue weighted by molar-refractivity contribution is 0.100. The summed E-state index contributed by atoms with van der Waals surface area (Å²) in [4.78, 5) is 15.9. The third-order valence-electron chi connectivity index (χ3n) is 3.42. The van der Waals surface area contributed by atoms with Gasteiger partial charge in [0, 0.05) is 22.5 Å². The number of phenols is 2. The summed E-state index contributed by atoms with van der Waals surface area (Å²) in [5.41, 5.74) is 6.37. The van der Waals surface area contributed by atoms with Crippen LogP contribution in [0.25, 0.3) is 0 Å². The number of benzene rings is 2. The van der Waals surface area contributed by atoms with Crippen LogP contribution in [0.4, 0.5) is 17.3 Å². The van der Waals surface area contributed by atoms with E-state index in [9.17, 15) is 15.0 Å². The average Bonchev–Trinajstić information content (AvgIpc) is 2.98. The average molecular weight is 372 g/mol. The molecule has 0 saturated carbocycles. The summed E-state index contributed by atoms with van der Waals surface area (Å²) in [6.07, 6.45) is 1.26. The minimum absolute atomic E-state index is 0.0322. The van der Waals surface area contributed by atoms with Crippen LogP contribution in [0.3, 0.4) is 0 Å². The number of aliphatic imine (C=N–C) groups is 1. The number of aromatic amines is 1. The van der Waals surface area contributed by atoms with Crippen LogP contribution in [0.2, 0.25) is 5.02 Å². The summed E-state index contributed by atoms with van der Waals surface area (Å²) < 4.78 is 0. The van der Waals surface area contributed by atoms with E-state index in [4.69, 9.17) is 17.3 Å². The molecule has 9 heteroatoms. The number of aromatic nitrogens is 2. The van der Waals surface area contributed by atoms with Crippen molar-refractivity contribution in [3.63, 3.8) is 0 Å². The van der Waals surface area contributed by atoms with Crippen LogP contribution in [0, 0.1) is 0 Å². The van der Waals surface area contributed by atoms with Gasteiger partial charge in [0.25, 0.3) is 5.91 Å². The number of carbonyl (C=O) groups excluding carboxylic acids is 1. The van der Waals surface area contributed by atoms with Crippen molar-refractivity contribution in [2.24, 2.45) is 10.7 Å². The zero-order valence-corrected chi connectivity index (χ0v) is 14.0. The lowest BCUT2D eigenvalue weighted by Crippen LogP contribution is -2.12. The molecule has 1 amide bonds. The zero-order chi connectivity index (χ0) is 18.7. The smallest absolute Gasteiger partial charge is 0.256 e. The van der Waals surface area contributed by atoms with Gasteiger partial charge in [-0.25, -0.2) is 4.99 Å². The van der Waals surface area contributed by atoms with Gasteiger partial charge in [-0.05, 0) is 36.4 Å². The fourth-order valence-electron chi connectivity index (χ4n) is 2.24. The first-order chi connectivity index (χ1) is 12.4. The van der Waals surface area contributed by atoms with E-state index in [1.54, 1.807) is 24.3 Å². The Kier molecular flexibility index (Phi) is 4.76. The van der Waals surface area contributed by atoms with E-state index in [1.165, 1.54) is 24.4 Å². The molecule has 1 aromatic heterocycles. The van der Waals surface area contributed by atoms with Gasteiger partial charge in [-0.15, -0.1) is 0 Å². The number of nitrogens with one attached hydrogen (secondary N) is 2. The Labute approximate surface area is 153 Å². The molecule has 0 aliphatic rings. The number of anilines is 2. The minimum atomic E-state index is -0.740. The summed E-state index contributed by atoms with van der Waals surface area (Å²) in [7, 11) is 0.